The van der Waals surface area contributed by atoms with Crippen LogP contribution < -0.4 is 5.32 Å². The molecule has 4 unspecified atom stereocenters. The van der Waals surface area contributed by atoms with Gasteiger partial charge in [0.05, 0.1) is 6.10 Å². The molecule has 1 rings (SSSR count). The predicted octanol–water partition coefficient (Wildman–Crippen LogP) is 2.10. The summed E-state index contributed by atoms with van der Waals surface area (Å²) in [6.45, 7) is 9.34. The number of hydrogen-bond donors (Lipinski definition) is 2. The van der Waals surface area contributed by atoms with Crippen molar-refractivity contribution >= 4 is 0 Å². The topological polar surface area (TPSA) is 35.5 Å². The quantitative estimate of drug-likeness (QED) is 0.732. The number of rotatable bonds is 7. The van der Waals surface area contributed by atoms with Gasteiger partial charge in [0.25, 0.3) is 0 Å². The second-order valence-electron chi connectivity index (χ2n) is 6.08. The summed E-state index contributed by atoms with van der Waals surface area (Å²) in [6.07, 6.45) is 5.14. The lowest BCUT2D eigenvalue weighted by molar-refractivity contribution is 0.106. The molecule has 0 radical (unpaired) electrons. The summed E-state index contributed by atoms with van der Waals surface area (Å²) in [5, 5.41) is 13.1. The van der Waals surface area contributed by atoms with Crippen molar-refractivity contribution in [1.82, 2.24) is 10.2 Å². The molecular formula is C15H32N2O. The fourth-order valence-corrected chi connectivity index (χ4v) is 3.39. The van der Waals surface area contributed by atoms with E-state index in [4.69, 9.17) is 0 Å². The first-order chi connectivity index (χ1) is 8.56. The number of aliphatic hydroxyl groups excluding tert-OH is 1. The van der Waals surface area contributed by atoms with Gasteiger partial charge in [0, 0.05) is 19.1 Å². The molecule has 108 valence electrons. The molecule has 0 amide bonds. The van der Waals surface area contributed by atoms with Crippen LogP contribution in [0.3, 0.4) is 0 Å². The summed E-state index contributed by atoms with van der Waals surface area (Å²) < 4.78 is 0. The number of likely N-dealkylation sites (N-methyl/N-ethyl adjacent to an activating group) is 1. The van der Waals surface area contributed by atoms with Gasteiger partial charge >= 0.3 is 0 Å². The van der Waals surface area contributed by atoms with Crippen molar-refractivity contribution in [2.75, 3.05) is 26.7 Å². The Balaban J connectivity index is 2.49. The van der Waals surface area contributed by atoms with Crippen molar-refractivity contribution in [3.63, 3.8) is 0 Å². The molecule has 0 aliphatic heterocycles. The first-order valence-corrected chi connectivity index (χ1v) is 7.66. The molecule has 1 aliphatic rings. The highest BCUT2D eigenvalue weighted by Crippen LogP contribution is 2.31. The largest absolute Gasteiger partial charge is 0.392 e. The van der Waals surface area contributed by atoms with Crippen LogP contribution in [0.5, 0.6) is 0 Å². The first kappa shape index (κ1) is 15.9. The average Bonchev–Trinajstić information content (AvgIpc) is 2.30. The number of aliphatic hydroxyl groups is 1. The van der Waals surface area contributed by atoms with Crippen LogP contribution in [0.1, 0.15) is 46.5 Å². The van der Waals surface area contributed by atoms with E-state index in [1.165, 1.54) is 25.7 Å². The molecule has 0 aromatic heterocycles. The zero-order valence-electron chi connectivity index (χ0n) is 12.7. The van der Waals surface area contributed by atoms with Gasteiger partial charge in [0.1, 0.15) is 0 Å². The van der Waals surface area contributed by atoms with Crippen molar-refractivity contribution in [2.45, 2.75) is 58.6 Å². The molecule has 3 heteroatoms. The van der Waals surface area contributed by atoms with Crippen LogP contribution in [-0.4, -0.2) is 48.8 Å². The highest BCUT2D eigenvalue weighted by atomic mass is 16.3. The Morgan fingerprint density at radius 3 is 2.61 bits per heavy atom. The lowest BCUT2D eigenvalue weighted by Crippen LogP contribution is -2.46. The van der Waals surface area contributed by atoms with E-state index in [9.17, 15) is 5.11 Å². The van der Waals surface area contributed by atoms with E-state index in [1.54, 1.807) is 0 Å². The third-order valence-electron chi connectivity index (χ3n) is 4.26. The lowest BCUT2D eigenvalue weighted by atomic mass is 9.76. The van der Waals surface area contributed by atoms with E-state index >= 15 is 0 Å². The van der Waals surface area contributed by atoms with Gasteiger partial charge in [0.2, 0.25) is 0 Å². The van der Waals surface area contributed by atoms with E-state index in [1.807, 2.05) is 6.92 Å². The summed E-state index contributed by atoms with van der Waals surface area (Å²) >= 11 is 0. The Morgan fingerprint density at radius 2 is 2.06 bits per heavy atom. The lowest BCUT2D eigenvalue weighted by Gasteiger charge is -2.38. The van der Waals surface area contributed by atoms with Crippen molar-refractivity contribution in [1.29, 1.82) is 0 Å². The molecule has 0 bridgehead atoms. The van der Waals surface area contributed by atoms with Crippen LogP contribution in [0, 0.1) is 11.8 Å². The number of nitrogens with zero attached hydrogens (tertiary/aromatic N) is 1. The summed E-state index contributed by atoms with van der Waals surface area (Å²) in [7, 11) is 2.13. The van der Waals surface area contributed by atoms with Crippen LogP contribution in [0.15, 0.2) is 0 Å². The molecule has 0 heterocycles. The highest BCUT2D eigenvalue weighted by Gasteiger charge is 2.29. The van der Waals surface area contributed by atoms with E-state index in [-0.39, 0.29) is 6.10 Å². The Kier molecular flexibility index (Phi) is 7.20. The maximum atomic E-state index is 9.46. The standard InChI is InChI=1S/C15H32N2O/c1-5-13-7-8-15(16-6-2)14(9-13)11-17(4)10-12(3)18/h12-16,18H,5-11H2,1-4H3. The van der Waals surface area contributed by atoms with Crippen LogP contribution in [-0.2, 0) is 0 Å². The summed E-state index contributed by atoms with van der Waals surface area (Å²) in [5.41, 5.74) is 0. The maximum absolute atomic E-state index is 9.46. The molecule has 3 nitrogen and oxygen atoms in total. The van der Waals surface area contributed by atoms with Crippen molar-refractivity contribution in [2.24, 2.45) is 11.8 Å². The summed E-state index contributed by atoms with van der Waals surface area (Å²) in [4.78, 5) is 2.29. The minimum absolute atomic E-state index is 0.224. The minimum atomic E-state index is -0.224. The molecule has 0 aromatic carbocycles. The third-order valence-corrected chi connectivity index (χ3v) is 4.26. The van der Waals surface area contributed by atoms with Crippen molar-refractivity contribution < 1.29 is 5.11 Å². The van der Waals surface area contributed by atoms with Gasteiger partial charge in [-0.3, -0.25) is 0 Å². The molecule has 4 atom stereocenters. The second kappa shape index (κ2) is 8.13. The van der Waals surface area contributed by atoms with E-state index < -0.39 is 0 Å². The molecular weight excluding hydrogens is 224 g/mol. The van der Waals surface area contributed by atoms with Crippen LogP contribution in [0.2, 0.25) is 0 Å². The molecule has 0 aromatic rings. The van der Waals surface area contributed by atoms with E-state index in [0.29, 0.717) is 6.04 Å². The van der Waals surface area contributed by atoms with Gasteiger partial charge in [-0.25, -0.2) is 0 Å². The van der Waals surface area contributed by atoms with E-state index in [0.717, 1.165) is 31.5 Å². The highest BCUT2D eigenvalue weighted by molar-refractivity contribution is 4.86. The number of nitrogens with one attached hydrogen (secondary N) is 1. The van der Waals surface area contributed by atoms with Gasteiger partial charge in [0.15, 0.2) is 0 Å². The zero-order valence-corrected chi connectivity index (χ0v) is 12.7. The van der Waals surface area contributed by atoms with Gasteiger partial charge in [-0.05, 0) is 51.6 Å². The molecule has 0 saturated heterocycles. The van der Waals surface area contributed by atoms with Gasteiger partial charge < -0.3 is 15.3 Å². The van der Waals surface area contributed by atoms with Gasteiger partial charge in [-0.1, -0.05) is 20.3 Å². The fraction of sp³-hybridized carbons (Fsp3) is 1.00. The zero-order chi connectivity index (χ0) is 13.5. The molecule has 1 fully saturated rings. The normalized spacial score (nSPS) is 30.7. The molecule has 1 aliphatic carbocycles. The fourth-order valence-electron chi connectivity index (χ4n) is 3.39. The molecule has 18 heavy (non-hydrogen) atoms. The third kappa shape index (κ3) is 5.25. The maximum Gasteiger partial charge on any atom is 0.0638 e. The molecule has 0 spiro atoms. The smallest absolute Gasteiger partial charge is 0.0638 e. The van der Waals surface area contributed by atoms with Gasteiger partial charge in [-0.2, -0.15) is 0 Å². The van der Waals surface area contributed by atoms with Gasteiger partial charge in [-0.15, -0.1) is 0 Å². The first-order valence-electron chi connectivity index (χ1n) is 7.66. The van der Waals surface area contributed by atoms with E-state index in [2.05, 4.69) is 31.1 Å². The van der Waals surface area contributed by atoms with Crippen LogP contribution in [0.4, 0.5) is 0 Å². The minimum Gasteiger partial charge on any atom is -0.392 e. The van der Waals surface area contributed by atoms with Crippen molar-refractivity contribution in [3.05, 3.63) is 0 Å². The second-order valence-corrected chi connectivity index (χ2v) is 6.08. The Bertz CT molecular complexity index is 221. The summed E-state index contributed by atoms with van der Waals surface area (Å²) in [5.74, 6) is 1.65. The Morgan fingerprint density at radius 1 is 1.33 bits per heavy atom. The summed E-state index contributed by atoms with van der Waals surface area (Å²) in [6, 6.07) is 0.675. The van der Waals surface area contributed by atoms with Crippen LogP contribution >= 0.6 is 0 Å². The van der Waals surface area contributed by atoms with Crippen molar-refractivity contribution in [3.8, 4) is 0 Å². The Hall–Kier alpha value is -0.120. The molecule has 1 saturated carbocycles. The average molecular weight is 256 g/mol. The SMILES string of the molecule is CCNC1CCC(CC)CC1CN(C)CC(C)O. The van der Waals surface area contributed by atoms with Crippen LogP contribution in [0.25, 0.3) is 0 Å². The monoisotopic (exact) mass is 256 g/mol. The predicted molar refractivity (Wildman–Crippen MR) is 77.8 cm³/mol. The molecule has 2 N–H and O–H groups in total. The number of hydrogen-bond acceptors (Lipinski definition) is 3. The Labute approximate surface area is 113 Å².